The summed E-state index contributed by atoms with van der Waals surface area (Å²) < 4.78 is 29.0. The van der Waals surface area contributed by atoms with Crippen molar-refractivity contribution in [3.8, 4) is 0 Å². The lowest BCUT2D eigenvalue weighted by atomic mass is 10.4. The van der Waals surface area contributed by atoms with E-state index in [4.69, 9.17) is 5.48 Å². The van der Waals surface area contributed by atoms with Gasteiger partial charge in [0.05, 0.1) is 0 Å². The first kappa shape index (κ1) is 4.13. The van der Waals surface area contributed by atoms with Gasteiger partial charge in [-0.1, -0.05) is 13.8 Å². The van der Waals surface area contributed by atoms with Gasteiger partial charge >= 0.3 is 0 Å². The number of rotatable bonds is 4. The lowest BCUT2D eigenvalue weighted by Crippen LogP contribution is -2.14. The SMILES string of the molecule is Cl.[2H]C([2H])(CC)NC([2H])([2H])CC. The lowest BCUT2D eigenvalue weighted by Gasteiger charge is -1.95. The van der Waals surface area contributed by atoms with Crippen LogP contribution in [0.1, 0.15) is 32.2 Å². The summed E-state index contributed by atoms with van der Waals surface area (Å²) in [6, 6.07) is 0. The molecule has 0 atom stereocenters. The molecule has 1 N–H and O–H groups in total. The second-order valence-corrected chi connectivity index (χ2v) is 1.19. The zero-order valence-corrected chi connectivity index (χ0v) is 6.14. The summed E-state index contributed by atoms with van der Waals surface area (Å²) in [5.41, 5.74) is 0. The first-order chi connectivity index (χ1) is 4.83. The van der Waals surface area contributed by atoms with Crippen LogP contribution in [0.5, 0.6) is 0 Å². The lowest BCUT2D eigenvalue weighted by molar-refractivity contribution is 0.662. The van der Waals surface area contributed by atoms with Gasteiger partial charge in [0.1, 0.15) is 0 Å². The van der Waals surface area contributed by atoms with Crippen molar-refractivity contribution < 1.29 is 5.48 Å². The Bertz CT molecular complexity index is 115. The predicted molar refractivity (Wildman–Crippen MR) is 40.7 cm³/mol. The van der Waals surface area contributed by atoms with Gasteiger partial charge in [0.2, 0.25) is 0 Å². The van der Waals surface area contributed by atoms with Crippen LogP contribution in [0, 0.1) is 0 Å². The van der Waals surface area contributed by atoms with Crippen molar-refractivity contribution in [1.82, 2.24) is 5.32 Å². The fourth-order valence-corrected chi connectivity index (χ4v) is 0.239. The van der Waals surface area contributed by atoms with Crippen molar-refractivity contribution in [3.05, 3.63) is 0 Å². The van der Waals surface area contributed by atoms with Crippen LogP contribution in [-0.4, -0.2) is 13.0 Å². The second-order valence-electron chi connectivity index (χ2n) is 1.19. The van der Waals surface area contributed by atoms with Crippen molar-refractivity contribution >= 4 is 12.4 Å². The van der Waals surface area contributed by atoms with E-state index in [9.17, 15) is 0 Å². The van der Waals surface area contributed by atoms with Crippen LogP contribution < -0.4 is 5.32 Å². The quantitative estimate of drug-likeness (QED) is 0.630. The normalized spacial score (nSPS) is 19.2. The molecule has 0 aromatic carbocycles. The summed E-state index contributed by atoms with van der Waals surface area (Å²) in [5.74, 6) is 0. The Labute approximate surface area is 63.9 Å². The van der Waals surface area contributed by atoms with Crippen molar-refractivity contribution in [2.24, 2.45) is 0 Å². The van der Waals surface area contributed by atoms with Gasteiger partial charge in [-0.2, -0.15) is 0 Å². The highest BCUT2D eigenvalue weighted by atomic mass is 35.5. The Morgan fingerprint density at radius 3 is 1.88 bits per heavy atom. The van der Waals surface area contributed by atoms with E-state index in [2.05, 4.69) is 5.32 Å². The molecule has 0 aliphatic carbocycles. The standard InChI is InChI=1S/C6H15N.ClH/c1-3-5-7-6-4-2;/h7H,3-6H2,1-2H3;1H/i5D2,6D2;. The first-order valence-corrected chi connectivity index (χ1v) is 2.62. The van der Waals surface area contributed by atoms with Crippen LogP contribution in [0.3, 0.4) is 0 Å². The molecule has 0 radical (unpaired) electrons. The Hall–Kier alpha value is 0.250. The van der Waals surface area contributed by atoms with Crippen LogP contribution in [-0.2, 0) is 0 Å². The van der Waals surface area contributed by atoms with Gasteiger partial charge in [-0.15, -0.1) is 12.4 Å². The van der Waals surface area contributed by atoms with E-state index in [1.807, 2.05) is 0 Å². The fraction of sp³-hybridized carbons (Fsp3) is 1.00. The number of hydrogen-bond acceptors (Lipinski definition) is 1. The molecule has 52 valence electrons. The fourth-order valence-electron chi connectivity index (χ4n) is 0.239. The summed E-state index contributed by atoms with van der Waals surface area (Å²) in [4.78, 5) is 0. The third kappa shape index (κ3) is 9.54. The minimum Gasteiger partial charge on any atom is -0.317 e. The zero-order valence-electron chi connectivity index (χ0n) is 9.32. The summed E-state index contributed by atoms with van der Waals surface area (Å²) >= 11 is 0. The highest BCUT2D eigenvalue weighted by molar-refractivity contribution is 5.85. The van der Waals surface area contributed by atoms with Crippen LogP contribution in [0.15, 0.2) is 0 Å². The third-order valence-electron chi connectivity index (χ3n) is 0.530. The van der Waals surface area contributed by atoms with Gasteiger partial charge in [-0.05, 0) is 25.8 Å². The van der Waals surface area contributed by atoms with Crippen molar-refractivity contribution in [2.75, 3.05) is 13.0 Å². The predicted octanol–water partition coefficient (Wildman–Crippen LogP) is 1.82. The van der Waals surface area contributed by atoms with Crippen LogP contribution >= 0.6 is 12.4 Å². The maximum absolute atomic E-state index is 7.25. The summed E-state index contributed by atoms with van der Waals surface area (Å²) in [5, 5.41) is 2.30. The van der Waals surface area contributed by atoms with Crippen molar-refractivity contribution in [2.45, 2.75) is 26.7 Å². The largest absolute Gasteiger partial charge is 0.317 e. The monoisotopic (exact) mass is 141 g/mol. The smallest absolute Gasteiger partial charge is 0.0428 e. The average Bonchev–Trinajstić information content (AvgIpc) is 1.86. The Morgan fingerprint density at radius 2 is 1.62 bits per heavy atom. The zero-order chi connectivity index (χ0) is 9.12. The molecule has 0 aliphatic heterocycles. The van der Waals surface area contributed by atoms with Gasteiger partial charge < -0.3 is 5.32 Å². The average molecular weight is 142 g/mol. The molecule has 0 fully saturated rings. The van der Waals surface area contributed by atoms with E-state index in [-0.39, 0.29) is 25.2 Å². The van der Waals surface area contributed by atoms with Gasteiger partial charge in [0.15, 0.2) is 0 Å². The van der Waals surface area contributed by atoms with Crippen LogP contribution in [0.25, 0.3) is 0 Å². The van der Waals surface area contributed by atoms with E-state index in [1.165, 1.54) is 0 Å². The minimum atomic E-state index is -1.60. The molecule has 0 aromatic heterocycles. The molecule has 0 aliphatic rings. The van der Waals surface area contributed by atoms with E-state index in [1.54, 1.807) is 13.8 Å². The minimum absolute atomic E-state index is 0. The van der Waals surface area contributed by atoms with Crippen molar-refractivity contribution in [1.29, 1.82) is 0 Å². The molecule has 1 nitrogen and oxygen atoms in total. The van der Waals surface area contributed by atoms with E-state index < -0.39 is 13.0 Å². The topological polar surface area (TPSA) is 12.0 Å². The molecule has 0 spiro atoms. The molecule has 0 saturated heterocycles. The number of hydrogen-bond donors (Lipinski definition) is 1. The number of halogens is 1. The highest BCUT2D eigenvalue weighted by Gasteiger charge is 1.76. The molecule has 0 heterocycles. The molecule has 0 rings (SSSR count). The van der Waals surface area contributed by atoms with E-state index in [0.29, 0.717) is 0 Å². The number of nitrogens with one attached hydrogen (secondary N) is 1. The Morgan fingerprint density at radius 1 is 1.25 bits per heavy atom. The Kier molecular flexibility index (Phi) is 5.30. The highest BCUT2D eigenvalue weighted by Crippen LogP contribution is 1.71. The second kappa shape index (κ2) is 10.3. The molecule has 8 heavy (non-hydrogen) atoms. The Balaban J connectivity index is 0. The molecule has 0 unspecified atom stereocenters. The van der Waals surface area contributed by atoms with Gasteiger partial charge in [0.25, 0.3) is 0 Å². The van der Waals surface area contributed by atoms with Gasteiger partial charge in [-0.25, -0.2) is 0 Å². The molecule has 0 amide bonds. The maximum atomic E-state index is 7.25. The molecule has 0 bridgehead atoms. The molecular weight excluding hydrogens is 122 g/mol. The molecule has 0 saturated carbocycles. The van der Waals surface area contributed by atoms with Crippen LogP contribution in [0.4, 0.5) is 0 Å². The molecule has 0 aromatic rings. The van der Waals surface area contributed by atoms with E-state index >= 15 is 0 Å². The van der Waals surface area contributed by atoms with Crippen LogP contribution in [0.2, 0.25) is 0 Å². The molecular formula is C6H16ClN. The summed E-state index contributed by atoms with van der Waals surface area (Å²) in [6.07, 6.45) is 0.541. The van der Waals surface area contributed by atoms with Gasteiger partial charge in [0, 0.05) is 5.48 Å². The van der Waals surface area contributed by atoms with Gasteiger partial charge in [-0.3, -0.25) is 0 Å². The third-order valence-corrected chi connectivity index (χ3v) is 0.530. The summed E-state index contributed by atoms with van der Waals surface area (Å²) in [7, 11) is 0. The van der Waals surface area contributed by atoms with Crippen molar-refractivity contribution in [3.63, 3.8) is 0 Å². The summed E-state index contributed by atoms with van der Waals surface area (Å²) in [6.45, 7) is 0.163. The molecule has 2 heteroatoms. The maximum Gasteiger partial charge on any atom is 0.0428 e. The van der Waals surface area contributed by atoms with E-state index in [0.717, 1.165) is 0 Å². The first-order valence-electron chi connectivity index (χ1n) is 4.62.